The Morgan fingerprint density at radius 2 is 2.15 bits per heavy atom. The molecule has 2 saturated heterocycles. The summed E-state index contributed by atoms with van der Waals surface area (Å²) in [4.78, 5) is 3.85. The van der Waals surface area contributed by atoms with E-state index in [1.54, 1.807) is 21.7 Å². The minimum absolute atomic E-state index is 0.0425. The first-order valence-corrected chi connectivity index (χ1v) is 9.00. The molecule has 0 amide bonds. The molecule has 0 radical (unpaired) electrons. The van der Waals surface area contributed by atoms with E-state index in [1.807, 2.05) is 19.1 Å². The van der Waals surface area contributed by atoms with Crippen LogP contribution in [0.1, 0.15) is 12.6 Å². The van der Waals surface area contributed by atoms with E-state index in [4.69, 9.17) is 10.5 Å². The summed E-state index contributed by atoms with van der Waals surface area (Å²) in [5, 5.41) is 13.5. The molecule has 2 aromatic heterocycles. The quantitative estimate of drug-likeness (QED) is 0.863. The largest absolute Gasteiger partial charge is 0.370 e. The summed E-state index contributed by atoms with van der Waals surface area (Å²) in [7, 11) is 0. The van der Waals surface area contributed by atoms with Gasteiger partial charge in [0.15, 0.2) is 0 Å². The molecule has 144 valence electrons. The molecule has 4 rings (SSSR count). The van der Waals surface area contributed by atoms with Gasteiger partial charge in [-0.3, -0.25) is 4.90 Å². The molecule has 0 spiro atoms. The Bertz CT molecular complexity index is 878. The average molecular weight is 376 g/mol. The van der Waals surface area contributed by atoms with E-state index in [1.165, 1.54) is 0 Å². The van der Waals surface area contributed by atoms with Gasteiger partial charge in [-0.15, -0.1) is 0 Å². The number of fused-ring (bicyclic) bond motifs is 1. The van der Waals surface area contributed by atoms with Crippen LogP contribution in [0.15, 0.2) is 24.4 Å². The van der Waals surface area contributed by atoms with Crippen molar-refractivity contribution in [2.75, 3.05) is 37.6 Å². The molecule has 7 nitrogen and oxygen atoms in total. The van der Waals surface area contributed by atoms with E-state index in [9.17, 15) is 14.0 Å². The second-order valence-electron chi connectivity index (χ2n) is 7.38. The maximum absolute atomic E-state index is 13.7. The van der Waals surface area contributed by atoms with E-state index in [2.05, 4.69) is 16.1 Å². The van der Waals surface area contributed by atoms with Crippen LogP contribution in [-0.2, 0) is 4.74 Å². The van der Waals surface area contributed by atoms with Gasteiger partial charge in [0, 0.05) is 26.2 Å². The lowest BCUT2D eigenvalue weighted by atomic mass is 10.1. The number of aromatic nitrogens is 2. The summed E-state index contributed by atoms with van der Waals surface area (Å²) in [5.41, 5.74) is 7.81. The third kappa shape index (κ3) is 3.36. The highest BCUT2D eigenvalue weighted by Gasteiger charge is 2.46. The Hall–Kier alpha value is -2.28. The number of nitrogens with zero attached hydrogens (tertiary/aromatic N) is 5. The molecule has 27 heavy (non-hydrogen) atoms. The van der Waals surface area contributed by atoms with Gasteiger partial charge in [0.2, 0.25) is 0 Å². The average Bonchev–Trinajstić information content (AvgIpc) is 3.18. The van der Waals surface area contributed by atoms with E-state index in [0.29, 0.717) is 25.3 Å². The summed E-state index contributed by atoms with van der Waals surface area (Å²) in [6, 6.07) is 6.52. The normalized spacial score (nSPS) is 28.6. The van der Waals surface area contributed by atoms with Crippen LogP contribution in [0.3, 0.4) is 0 Å². The number of likely N-dealkylation sites (tertiary alicyclic amines) is 1. The van der Waals surface area contributed by atoms with E-state index < -0.39 is 12.0 Å². The van der Waals surface area contributed by atoms with Crippen LogP contribution < -0.4 is 10.6 Å². The monoisotopic (exact) mass is 376 g/mol. The first kappa shape index (κ1) is 18.1. The highest BCUT2D eigenvalue weighted by atomic mass is 19.3. The number of alkyl halides is 2. The molecular formula is C18H22F2N6O. The SMILES string of the molecule is C[C@@H]1CN(c2ccc(C#N)n3nccc23)C[C@H](CN2CC(N)C(F)(F)C2)O1. The van der Waals surface area contributed by atoms with Gasteiger partial charge in [-0.1, -0.05) is 0 Å². The Balaban J connectivity index is 1.53. The highest BCUT2D eigenvalue weighted by Crippen LogP contribution is 2.29. The summed E-state index contributed by atoms with van der Waals surface area (Å²) in [5.74, 6) is -2.85. The van der Waals surface area contributed by atoms with Crippen LogP contribution in [0.25, 0.3) is 5.52 Å². The van der Waals surface area contributed by atoms with E-state index >= 15 is 0 Å². The molecule has 1 unspecified atom stereocenters. The van der Waals surface area contributed by atoms with Crippen LogP contribution in [0.5, 0.6) is 0 Å². The van der Waals surface area contributed by atoms with Crippen molar-refractivity contribution in [2.45, 2.75) is 31.1 Å². The number of anilines is 1. The van der Waals surface area contributed by atoms with Crippen LogP contribution in [-0.4, -0.2) is 71.4 Å². The second-order valence-corrected chi connectivity index (χ2v) is 7.38. The molecule has 0 saturated carbocycles. The molecule has 0 aliphatic carbocycles. The lowest BCUT2D eigenvalue weighted by Crippen LogP contribution is -2.51. The number of nitrogens with two attached hydrogens (primary N) is 1. The van der Waals surface area contributed by atoms with Crippen molar-refractivity contribution in [1.29, 1.82) is 5.26 Å². The number of hydrogen-bond donors (Lipinski definition) is 1. The van der Waals surface area contributed by atoms with Crippen LogP contribution in [0.2, 0.25) is 0 Å². The zero-order valence-electron chi connectivity index (χ0n) is 15.1. The fraction of sp³-hybridized carbons (Fsp3) is 0.556. The standard InChI is InChI=1S/C18H22F2N6O/c1-12-7-25(15-3-2-13(6-21)26-16(15)4-5-23-26)9-14(27-12)8-24-10-17(22)18(19,20)11-24/h2-5,12,14,17H,7-11,22H2,1H3/t12-,14+,17?/m1/s1. The van der Waals surface area contributed by atoms with Gasteiger partial charge < -0.3 is 15.4 Å². The van der Waals surface area contributed by atoms with E-state index in [-0.39, 0.29) is 25.3 Å². The van der Waals surface area contributed by atoms with Crippen molar-refractivity contribution in [3.8, 4) is 6.07 Å². The number of pyridine rings is 1. The predicted molar refractivity (Wildman–Crippen MR) is 95.8 cm³/mol. The summed E-state index contributed by atoms with van der Waals surface area (Å²) in [6.07, 6.45) is 1.42. The number of morpholine rings is 1. The van der Waals surface area contributed by atoms with Crippen molar-refractivity contribution in [3.63, 3.8) is 0 Å². The minimum Gasteiger partial charge on any atom is -0.370 e. The molecule has 3 atom stereocenters. The minimum atomic E-state index is -2.85. The topological polar surface area (TPSA) is 82.8 Å². The molecule has 2 N–H and O–H groups in total. The third-order valence-corrected chi connectivity index (χ3v) is 5.21. The van der Waals surface area contributed by atoms with Crippen LogP contribution >= 0.6 is 0 Å². The Morgan fingerprint density at radius 1 is 1.33 bits per heavy atom. The van der Waals surface area contributed by atoms with Crippen molar-refractivity contribution >= 4 is 11.2 Å². The number of ether oxygens (including phenoxy) is 1. The number of hydrogen-bond acceptors (Lipinski definition) is 6. The molecule has 0 bridgehead atoms. The highest BCUT2D eigenvalue weighted by molar-refractivity contribution is 5.74. The van der Waals surface area contributed by atoms with Gasteiger partial charge in [-0.25, -0.2) is 13.3 Å². The molecule has 2 aromatic rings. The smallest absolute Gasteiger partial charge is 0.276 e. The van der Waals surface area contributed by atoms with Gasteiger partial charge in [0.1, 0.15) is 11.8 Å². The second kappa shape index (κ2) is 6.71. The first-order valence-electron chi connectivity index (χ1n) is 9.00. The maximum Gasteiger partial charge on any atom is 0.276 e. The fourth-order valence-corrected chi connectivity index (χ4v) is 4.02. The van der Waals surface area contributed by atoms with Gasteiger partial charge in [-0.05, 0) is 25.1 Å². The van der Waals surface area contributed by atoms with Crippen LogP contribution in [0, 0.1) is 11.3 Å². The first-order chi connectivity index (χ1) is 12.9. The fourth-order valence-electron chi connectivity index (χ4n) is 4.02. The van der Waals surface area contributed by atoms with Crippen molar-refractivity contribution < 1.29 is 13.5 Å². The van der Waals surface area contributed by atoms with Gasteiger partial charge in [0.25, 0.3) is 5.92 Å². The van der Waals surface area contributed by atoms with Crippen molar-refractivity contribution in [2.24, 2.45) is 5.73 Å². The Kier molecular flexibility index (Phi) is 4.50. The molecule has 4 heterocycles. The Morgan fingerprint density at radius 3 is 2.85 bits per heavy atom. The lowest BCUT2D eigenvalue weighted by Gasteiger charge is -2.39. The molecular weight excluding hydrogens is 354 g/mol. The number of halogens is 2. The molecule has 0 aromatic carbocycles. The van der Waals surface area contributed by atoms with Gasteiger partial charge in [0.05, 0.1) is 42.2 Å². The zero-order chi connectivity index (χ0) is 19.2. The van der Waals surface area contributed by atoms with Crippen LogP contribution in [0.4, 0.5) is 14.5 Å². The molecule has 2 fully saturated rings. The maximum atomic E-state index is 13.7. The van der Waals surface area contributed by atoms with E-state index in [0.717, 1.165) is 11.2 Å². The van der Waals surface area contributed by atoms with Crippen molar-refractivity contribution in [1.82, 2.24) is 14.5 Å². The molecule has 9 heteroatoms. The number of nitriles is 1. The number of rotatable bonds is 3. The third-order valence-electron chi connectivity index (χ3n) is 5.21. The summed E-state index contributed by atoms with van der Waals surface area (Å²) in [6.45, 7) is 3.49. The summed E-state index contributed by atoms with van der Waals surface area (Å²) < 4.78 is 35.0. The van der Waals surface area contributed by atoms with Gasteiger partial charge >= 0.3 is 0 Å². The zero-order valence-corrected chi connectivity index (χ0v) is 15.1. The predicted octanol–water partition coefficient (Wildman–Crippen LogP) is 1.08. The lowest BCUT2D eigenvalue weighted by molar-refractivity contribution is -0.0382. The van der Waals surface area contributed by atoms with Gasteiger partial charge in [-0.2, -0.15) is 10.4 Å². The Labute approximate surface area is 155 Å². The molecule has 2 aliphatic rings. The summed E-state index contributed by atoms with van der Waals surface area (Å²) >= 11 is 0. The van der Waals surface area contributed by atoms with Crippen molar-refractivity contribution in [3.05, 3.63) is 30.1 Å². The molecule has 2 aliphatic heterocycles.